The van der Waals surface area contributed by atoms with Crippen LogP contribution in [0.25, 0.3) is 0 Å². The van der Waals surface area contributed by atoms with Crippen LogP contribution in [0, 0.1) is 11.7 Å². The van der Waals surface area contributed by atoms with Crippen LogP contribution in [0.3, 0.4) is 0 Å². The number of carboxylic acids is 1. The van der Waals surface area contributed by atoms with Crippen LogP contribution in [0.1, 0.15) is 25.7 Å². The molecule has 1 aliphatic carbocycles. The molecule has 0 radical (unpaired) electrons. The van der Waals surface area contributed by atoms with Crippen LogP contribution in [-0.2, 0) is 4.79 Å². The highest BCUT2D eigenvalue weighted by Crippen LogP contribution is 2.28. The molecule has 0 heterocycles. The highest BCUT2D eigenvalue weighted by molar-refractivity contribution is 6.31. The van der Waals surface area contributed by atoms with E-state index in [2.05, 4.69) is 5.32 Å². The minimum Gasteiger partial charge on any atom is -0.481 e. The molecule has 0 unspecified atom stereocenters. The molecule has 0 amide bonds. The fourth-order valence-electron chi connectivity index (χ4n) is 2.31. The van der Waals surface area contributed by atoms with E-state index >= 15 is 0 Å². The first kappa shape index (κ1) is 13.1. The van der Waals surface area contributed by atoms with Crippen LogP contribution in [0.5, 0.6) is 0 Å². The number of carboxylic acid groups (broad SMARTS) is 1. The van der Waals surface area contributed by atoms with Crippen molar-refractivity contribution in [2.75, 3.05) is 5.32 Å². The number of aliphatic carboxylic acids is 1. The van der Waals surface area contributed by atoms with Gasteiger partial charge in [-0.3, -0.25) is 4.79 Å². The average molecular weight is 272 g/mol. The van der Waals surface area contributed by atoms with Crippen LogP contribution in [-0.4, -0.2) is 17.1 Å². The van der Waals surface area contributed by atoms with Gasteiger partial charge in [-0.1, -0.05) is 11.6 Å². The molecule has 0 saturated heterocycles. The third-order valence-corrected chi connectivity index (χ3v) is 3.66. The molecule has 0 atom stereocenters. The molecular weight excluding hydrogens is 257 g/mol. The summed E-state index contributed by atoms with van der Waals surface area (Å²) < 4.78 is 13.0. The second kappa shape index (κ2) is 5.57. The molecule has 1 saturated carbocycles. The lowest BCUT2D eigenvalue weighted by molar-refractivity contribution is -0.142. The van der Waals surface area contributed by atoms with Gasteiger partial charge in [0.2, 0.25) is 0 Å². The topological polar surface area (TPSA) is 49.3 Å². The fraction of sp³-hybridized carbons (Fsp3) is 0.462. The molecule has 18 heavy (non-hydrogen) atoms. The van der Waals surface area contributed by atoms with Crippen LogP contribution in [0.15, 0.2) is 18.2 Å². The van der Waals surface area contributed by atoms with Gasteiger partial charge in [0.05, 0.1) is 10.9 Å². The maximum absolute atomic E-state index is 13.0. The quantitative estimate of drug-likeness (QED) is 0.884. The Balaban J connectivity index is 1.91. The standard InChI is InChI=1S/C13H15ClFNO2/c14-11-7-10(5-6-12(11)15)16-9-3-1-8(2-4-9)13(17)18/h5-9,16H,1-4H2,(H,17,18). The van der Waals surface area contributed by atoms with Gasteiger partial charge in [-0.05, 0) is 43.9 Å². The van der Waals surface area contributed by atoms with Crippen molar-refractivity contribution in [1.82, 2.24) is 0 Å². The van der Waals surface area contributed by atoms with E-state index in [1.54, 1.807) is 12.1 Å². The molecule has 0 bridgehead atoms. The van der Waals surface area contributed by atoms with Gasteiger partial charge in [-0.25, -0.2) is 4.39 Å². The van der Waals surface area contributed by atoms with Crippen molar-refractivity contribution in [3.8, 4) is 0 Å². The van der Waals surface area contributed by atoms with Crippen LogP contribution in [0.4, 0.5) is 10.1 Å². The summed E-state index contributed by atoms with van der Waals surface area (Å²) in [6, 6.07) is 4.76. The average Bonchev–Trinajstić information content (AvgIpc) is 2.34. The zero-order chi connectivity index (χ0) is 13.1. The van der Waals surface area contributed by atoms with E-state index in [0.29, 0.717) is 12.8 Å². The molecule has 0 spiro atoms. The predicted octanol–water partition coefficient (Wildman–Crippen LogP) is 3.53. The molecule has 0 aromatic heterocycles. The summed E-state index contributed by atoms with van der Waals surface area (Å²) in [6.45, 7) is 0. The molecule has 1 aliphatic rings. The molecule has 1 aromatic carbocycles. The summed E-state index contributed by atoms with van der Waals surface area (Å²) in [7, 11) is 0. The number of hydrogen-bond acceptors (Lipinski definition) is 2. The Kier molecular flexibility index (Phi) is 4.07. The lowest BCUT2D eigenvalue weighted by Gasteiger charge is -2.27. The van der Waals surface area contributed by atoms with E-state index in [0.717, 1.165) is 18.5 Å². The number of benzene rings is 1. The summed E-state index contributed by atoms with van der Waals surface area (Å²) in [4.78, 5) is 10.8. The minimum atomic E-state index is -0.710. The molecule has 2 rings (SSSR count). The summed E-state index contributed by atoms with van der Waals surface area (Å²) >= 11 is 5.70. The normalized spacial score (nSPS) is 23.7. The lowest BCUT2D eigenvalue weighted by Crippen LogP contribution is -2.29. The van der Waals surface area contributed by atoms with E-state index in [4.69, 9.17) is 16.7 Å². The van der Waals surface area contributed by atoms with E-state index in [1.165, 1.54) is 6.07 Å². The van der Waals surface area contributed by atoms with Crippen molar-refractivity contribution >= 4 is 23.3 Å². The Morgan fingerprint density at radius 2 is 2.00 bits per heavy atom. The van der Waals surface area contributed by atoms with E-state index in [-0.39, 0.29) is 17.0 Å². The molecule has 3 nitrogen and oxygen atoms in total. The zero-order valence-corrected chi connectivity index (χ0v) is 10.6. The molecule has 98 valence electrons. The number of anilines is 1. The van der Waals surface area contributed by atoms with Crippen molar-refractivity contribution in [1.29, 1.82) is 0 Å². The van der Waals surface area contributed by atoms with Crippen molar-refractivity contribution in [3.05, 3.63) is 29.0 Å². The second-order valence-electron chi connectivity index (χ2n) is 4.66. The van der Waals surface area contributed by atoms with Gasteiger partial charge >= 0.3 is 5.97 Å². The molecule has 0 aliphatic heterocycles. The number of nitrogens with one attached hydrogen (secondary N) is 1. The van der Waals surface area contributed by atoms with E-state index < -0.39 is 11.8 Å². The number of halogens is 2. The highest BCUT2D eigenvalue weighted by Gasteiger charge is 2.25. The molecular formula is C13H15ClFNO2. The van der Waals surface area contributed by atoms with Gasteiger partial charge in [-0.2, -0.15) is 0 Å². The minimum absolute atomic E-state index is 0.0965. The van der Waals surface area contributed by atoms with Crippen molar-refractivity contribution in [2.45, 2.75) is 31.7 Å². The van der Waals surface area contributed by atoms with Gasteiger partial charge in [-0.15, -0.1) is 0 Å². The van der Waals surface area contributed by atoms with Crippen LogP contribution in [0.2, 0.25) is 5.02 Å². The Labute approximate surface area is 110 Å². The van der Waals surface area contributed by atoms with Gasteiger partial charge < -0.3 is 10.4 Å². The highest BCUT2D eigenvalue weighted by atomic mass is 35.5. The first-order valence-electron chi connectivity index (χ1n) is 6.00. The van der Waals surface area contributed by atoms with Crippen LogP contribution >= 0.6 is 11.6 Å². The Bertz CT molecular complexity index is 445. The van der Waals surface area contributed by atoms with Gasteiger partial charge in [0.15, 0.2) is 0 Å². The van der Waals surface area contributed by atoms with E-state index in [9.17, 15) is 9.18 Å². The maximum Gasteiger partial charge on any atom is 0.306 e. The molecule has 5 heteroatoms. The summed E-state index contributed by atoms with van der Waals surface area (Å²) in [5.74, 6) is -1.37. The summed E-state index contributed by atoms with van der Waals surface area (Å²) in [6.07, 6.45) is 2.99. The third-order valence-electron chi connectivity index (χ3n) is 3.37. The van der Waals surface area contributed by atoms with E-state index in [1.807, 2.05) is 0 Å². The van der Waals surface area contributed by atoms with Gasteiger partial charge in [0.25, 0.3) is 0 Å². The van der Waals surface area contributed by atoms with Crippen molar-refractivity contribution in [3.63, 3.8) is 0 Å². The summed E-state index contributed by atoms with van der Waals surface area (Å²) in [5.41, 5.74) is 0.778. The maximum atomic E-state index is 13.0. The number of rotatable bonds is 3. The largest absolute Gasteiger partial charge is 0.481 e. The lowest BCUT2D eigenvalue weighted by atomic mass is 9.86. The zero-order valence-electron chi connectivity index (χ0n) is 9.83. The second-order valence-corrected chi connectivity index (χ2v) is 5.07. The Hall–Kier alpha value is -1.29. The fourth-order valence-corrected chi connectivity index (χ4v) is 2.49. The first-order chi connectivity index (χ1) is 8.56. The van der Waals surface area contributed by atoms with Gasteiger partial charge in [0, 0.05) is 11.7 Å². The van der Waals surface area contributed by atoms with Crippen molar-refractivity contribution in [2.24, 2.45) is 5.92 Å². The predicted molar refractivity (Wildman–Crippen MR) is 68.4 cm³/mol. The molecule has 1 aromatic rings. The third kappa shape index (κ3) is 3.13. The van der Waals surface area contributed by atoms with Gasteiger partial charge in [0.1, 0.15) is 5.82 Å². The number of carbonyl (C=O) groups is 1. The number of hydrogen-bond donors (Lipinski definition) is 2. The Morgan fingerprint density at radius 3 is 2.56 bits per heavy atom. The Morgan fingerprint density at radius 1 is 1.33 bits per heavy atom. The van der Waals surface area contributed by atoms with Crippen LogP contribution < -0.4 is 5.32 Å². The summed E-state index contributed by atoms with van der Waals surface area (Å²) in [5, 5.41) is 12.3. The monoisotopic (exact) mass is 271 g/mol. The van der Waals surface area contributed by atoms with Crippen molar-refractivity contribution < 1.29 is 14.3 Å². The molecule has 1 fully saturated rings. The SMILES string of the molecule is O=C(O)C1CCC(Nc2ccc(F)c(Cl)c2)CC1. The smallest absolute Gasteiger partial charge is 0.306 e. The molecule has 2 N–H and O–H groups in total. The first-order valence-corrected chi connectivity index (χ1v) is 6.38.